The van der Waals surface area contributed by atoms with Crippen molar-refractivity contribution in [2.24, 2.45) is 5.10 Å². The topological polar surface area (TPSA) is 32.7 Å². The van der Waals surface area contributed by atoms with Crippen LogP contribution in [0.3, 0.4) is 0 Å². The summed E-state index contributed by atoms with van der Waals surface area (Å²) in [6.07, 6.45) is 3.49. The second-order valence-corrected chi connectivity index (χ2v) is 7.09. The third-order valence-electron chi connectivity index (χ3n) is 2.48. The van der Waals surface area contributed by atoms with Gasteiger partial charge >= 0.3 is 0 Å². The summed E-state index contributed by atoms with van der Waals surface area (Å²) in [5, 5.41) is 13.3. The minimum absolute atomic E-state index is 0.169. The Labute approximate surface area is 133 Å². The van der Waals surface area contributed by atoms with Gasteiger partial charge in [0.2, 0.25) is 0 Å². The lowest BCUT2D eigenvalue weighted by Crippen LogP contribution is -2.21. The molecule has 1 aliphatic heterocycles. The summed E-state index contributed by atoms with van der Waals surface area (Å²) in [6, 6.07) is 3.90. The van der Waals surface area contributed by atoms with Gasteiger partial charge in [-0.25, -0.2) is 0 Å². The van der Waals surface area contributed by atoms with Gasteiger partial charge in [-0.1, -0.05) is 11.8 Å². The molecule has 0 bridgehead atoms. The lowest BCUT2D eigenvalue weighted by molar-refractivity contribution is -0.122. The lowest BCUT2D eigenvalue weighted by atomic mass is 10.3. The van der Waals surface area contributed by atoms with Crippen molar-refractivity contribution < 1.29 is 4.79 Å². The Morgan fingerprint density at radius 1 is 1.15 bits per heavy atom. The van der Waals surface area contributed by atoms with Gasteiger partial charge in [0.05, 0.1) is 11.1 Å². The highest BCUT2D eigenvalue weighted by atomic mass is 32.2. The molecule has 3 nitrogen and oxygen atoms in total. The van der Waals surface area contributed by atoms with Crippen molar-refractivity contribution in [2.75, 3.05) is 0 Å². The predicted octanol–water partition coefficient (Wildman–Crippen LogP) is 4.04. The van der Waals surface area contributed by atoms with E-state index in [1.54, 1.807) is 28.9 Å². The quantitative estimate of drug-likeness (QED) is 0.482. The fourth-order valence-corrected chi connectivity index (χ4v) is 3.94. The van der Waals surface area contributed by atoms with Gasteiger partial charge in [-0.2, -0.15) is 32.8 Å². The first-order chi connectivity index (χ1) is 9.74. The molecule has 1 saturated heterocycles. The zero-order valence-corrected chi connectivity index (χ0v) is 13.3. The SMILES string of the molecule is O=C1/C(=C/c2ccsc2)SC(=S)N1/N=C/c1ccsc1. The van der Waals surface area contributed by atoms with Gasteiger partial charge in [0.25, 0.3) is 5.91 Å². The van der Waals surface area contributed by atoms with E-state index in [0.29, 0.717) is 9.23 Å². The lowest BCUT2D eigenvalue weighted by Gasteiger charge is -2.05. The number of amides is 1. The van der Waals surface area contributed by atoms with E-state index in [-0.39, 0.29) is 5.91 Å². The molecule has 1 amide bonds. The van der Waals surface area contributed by atoms with E-state index in [9.17, 15) is 4.79 Å². The highest BCUT2D eigenvalue weighted by Gasteiger charge is 2.31. The molecule has 0 aromatic carbocycles. The Bertz CT molecular complexity index is 686. The van der Waals surface area contributed by atoms with E-state index in [1.165, 1.54) is 16.8 Å². The van der Waals surface area contributed by atoms with E-state index in [0.717, 1.165) is 11.1 Å². The maximum absolute atomic E-state index is 12.2. The van der Waals surface area contributed by atoms with Crippen LogP contribution in [0.4, 0.5) is 0 Å². The number of thioether (sulfide) groups is 1. The normalized spacial score (nSPS) is 17.8. The summed E-state index contributed by atoms with van der Waals surface area (Å²) < 4.78 is 0.461. The van der Waals surface area contributed by atoms with Crippen LogP contribution in [0.15, 0.2) is 43.7 Å². The summed E-state index contributed by atoms with van der Waals surface area (Å²) >= 11 is 9.66. The highest BCUT2D eigenvalue weighted by Crippen LogP contribution is 2.33. The maximum Gasteiger partial charge on any atom is 0.286 e. The molecule has 20 heavy (non-hydrogen) atoms. The third kappa shape index (κ3) is 2.90. The fourth-order valence-electron chi connectivity index (χ4n) is 1.54. The van der Waals surface area contributed by atoms with E-state index in [2.05, 4.69) is 5.10 Å². The molecule has 0 atom stereocenters. The fraction of sp³-hybridized carbons (Fsp3) is 0. The first-order valence-electron chi connectivity index (χ1n) is 5.60. The Morgan fingerprint density at radius 2 is 1.85 bits per heavy atom. The van der Waals surface area contributed by atoms with Gasteiger partial charge in [-0.3, -0.25) is 4.79 Å². The van der Waals surface area contributed by atoms with Crippen molar-refractivity contribution in [3.05, 3.63) is 49.7 Å². The predicted molar refractivity (Wildman–Crippen MR) is 91.2 cm³/mol. The molecule has 7 heteroatoms. The molecule has 0 saturated carbocycles. The van der Waals surface area contributed by atoms with Crippen LogP contribution < -0.4 is 0 Å². The summed E-state index contributed by atoms with van der Waals surface area (Å²) in [7, 11) is 0. The summed E-state index contributed by atoms with van der Waals surface area (Å²) in [6.45, 7) is 0. The molecule has 0 aliphatic carbocycles. The molecule has 2 aromatic heterocycles. The van der Waals surface area contributed by atoms with Crippen LogP contribution in [0, 0.1) is 0 Å². The monoisotopic (exact) mass is 336 g/mol. The summed E-state index contributed by atoms with van der Waals surface area (Å²) in [5.74, 6) is -0.169. The van der Waals surface area contributed by atoms with E-state index in [4.69, 9.17) is 12.2 Å². The molecule has 2 aromatic rings. The number of rotatable bonds is 3. The molecule has 3 heterocycles. The van der Waals surface area contributed by atoms with Crippen LogP contribution in [0.5, 0.6) is 0 Å². The van der Waals surface area contributed by atoms with Crippen molar-refractivity contribution in [1.29, 1.82) is 0 Å². The Kier molecular flexibility index (Phi) is 4.11. The smallest absolute Gasteiger partial charge is 0.266 e. The Morgan fingerprint density at radius 3 is 2.50 bits per heavy atom. The van der Waals surface area contributed by atoms with Gasteiger partial charge in [-0.15, -0.1) is 0 Å². The number of thiocarbonyl (C=S) groups is 1. The van der Waals surface area contributed by atoms with Gasteiger partial charge in [0.15, 0.2) is 4.32 Å². The molecular formula is C13H8N2OS4. The molecule has 1 fully saturated rings. The first kappa shape index (κ1) is 13.7. The first-order valence-corrected chi connectivity index (χ1v) is 8.71. The van der Waals surface area contributed by atoms with E-state index in [1.807, 2.05) is 39.7 Å². The van der Waals surface area contributed by atoms with E-state index >= 15 is 0 Å². The minimum Gasteiger partial charge on any atom is -0.266 e. The van der Waals surface area contributed by atoms with Crippen LogP contribution in [0.1, 0.15) is 11.1 Å². The van der Waals surface area contributed by atoms with Crippen molar-refractivity contribution in [3.8, 4) is 0 Å². The third-order valence-corrected chi connectivity index (χ3v) is 5.17. The van der Waals surface area contributed by atoms with E-state index < -0.39 is 0 Å². The highest BCUT2D eigenvalue weighted by molar-refractivity contribution is 8.26. The molecule has 0 unspecified atom stereocenters. The number of hydrogen-bond acceptors (Lipinski definition) is 6. The van der Waals surface area contributed by atoms with Crippen molar-refractivity contribution in [2.45, 2.75) is 0 Å². The largest absolute Gasteiger partial charge is 0.286 e. The average Bonchev–Trinajstić information content (AvgIpc) is 3.13. The van der Waals surface area contributed by atoms with Gasteiger partial charge in [-0.05, 0) is 57.5 Å². The maximum atomic E-state index is 12.2. The second kappa shape index (κ2) is 6.01. The number of thiophene rings is 2. The molecule has 100 valence electrons. The van der Waals surface area contributed by atoms with Crippen LogP contribution in [0.2, 0.25) is 0 Å². The van der Waals surface area contributed by atoms with Gasteiger partial charge in [0.1, 0.15) is 0 Å². The summed E-state index contributed by atoms with van der Waals surface area (Å²) in [5.41, 5.74) is 1.98. The van der Waals surface area contributed by atoms with Crippen LogP contribution in [-0.4, -0.2) is 21.5 Å². The van der Waals surface area contributed by atoms with Crippen LogP contribution in [-0.2, 0) is 4.79 Å². The Balaban J connectivity index is 1.80. The minimum atomic E-state index is -0.169. The van der Waals surface area contributed by atoms with Gasteiger partial charge in [0, 0.05) is 5.56 Å². The standard InChI is InChI=1S/C13H8N2OS4/c16-12-11(5-9-1-3-18-7-9)20-13(17)15(12)14-6-10-2-4-19-8-10/h1-8H/b11-5-,14-6+. The number of hydrazone groups is 1. The van der Waals surface area contributed by atoms with Crippen molar-refractivity contribution in [1.82, 2.24) is 5.01 Å². The van der Waals surface area contributed by atoms with Crippen molar-refractivity contribution in [3.63, 3.8) is 0 Å². The zero-order valence-electron chi connectivity index (χ0n) is 10.1. The van der Waals surface area contributed by atoms with Gasteiger partial charge < -0.3 is 0 Å². The van der Waals surface area contributed by atoms with Crippen molar-refractivity contribution >= 4 is 69.2 Å². The molecule has 0 radical (unpaired) electrons. The number of nitrogens with zero attached hydrogens (tertiary/aromatic N) is 2. The van der Waals surface area contributed by atoms with Crippen LogP contribution >= 0.6 is 46.7 Å². The number of carbonyl (C=O) groups excluding carboxylic acids is 1. The number of hydrogen-bond donors (Lipinski definition) is 0. The zero-order chi connectivity index (χ0) is 13.9. The molecule has 0 spiro atoms. The molecular weight excluding hydrogens is 328 g/mol. The number of carbonyl (C=O) groups is 1. The second-order valence-electron chi connectivity index (χ2n) is 3.85. The molecule has 0 N–H and O–H groups in total. The molecule has 3 rings (SSSR count). The Hall–Kier alpha value is -1.28. The molecule has 1 aliphatic rings. The summed E-state index contributed by atoms with van der Waals surface area (Å²) in [4.78, 5) is 12.9. The van der Waals surface area contributed by atoms with Crippen LogP contribution in [0.25, 0.3) is 6.08 Å². The average molecular weight is 336 g/mol.